The van der Waals surface area contributed by atoms with Crippen LogP contribution in [0, 0.1) is 25.7 Å². The minimum Gasteiger partial charge on any atom is -0.334 e. The lowest BCUT2D eigenvalue weighted by Crippen LogP contribution is -2.56. The van der Waals surface area contributed by atoms with Crippen molar-refractivity contribution in [2.45, 2.75) is 65.1 Å². The number of nitrogens with one attached hydrogen (secondary N) is 1. The van der Waals surface area contributed by atoms with Gasteiger partial charge in [-0.2, -0.15) is 0 Å². The molecule has 0 saturated carbocycles. The number of rotatable bonds is 4. The van der Waals surface area contributed by atoms with E-state index < -0.39 is 24.0 Å². The van der Waals surface area contributed by atoms with Crippen molar-refractivity contribution in [2.75, 3.05) is 11.9 Å². The summed E-state index contributed by atoms with van der Waals surface area (Å²) in [7, 11) is 0. The van der Waals surface area contributed by atoms with E-state index in [0.29, 0.717) is 24.9 Å². The van der Waals surface area contributed by atoms with Crippen LogP contribution >= 0.6 is 0 Å². The van der Waals surface area contributed by atoms with E-state index in [1.807, 2.05) is 62.4 Å². The molecule has 36 heavy (non-hydrogen) atoms. The molecule has 0 spiro atoms. The van der Waals surface area contributed by atoms with Gasteiger partial charge >= 0.3 is 0 Å². The summed E-state index contributed by atoms with van der Waals surface area (Å²) in [5.74, 6) is -1.40. The largest absolute Gasteiger partial charge is 0.334 e. The number of alkyl halides is 1. The molecule has 2 aliphatic rings. The molecule has 2 aromatic carbocycles. The number of allylic oxidation sites excluding steroid dienone is 3. The Morgan fingerprint density at radius 1 is 1.00 bits per heavy atom. The van der Waals surface area contributed by atoms with E-state index in [4.69, 9.17) is 0 Å². The average molecular weight is 489 g/mol. The highest BCUT2D eigenvalue weighted by Gasteiger charge is 2.45. The summed E-state index contributed by atoms with van der Waals surface area (Å²) < 4.78 is 15.3. The molecule has 2 aromatic rings. The van der Waals surface area contributed by atoms with Crippen LogP contribution < -0.4 is 5.32 Å². The Balaban J connectivity index is 1.68. The lowest BCUT2D eigenvalue weighted by Gasteiger charge is -2.45. The molecule has 1 N–H and O–H groups in total. The van der Waals surface area contributed by atoms with Crippen molar-refractivity contribution in [2.24, 2.45) is 11.8 Å². The summed E-state index contributed by atoms with van der Waals surface area (Å²) in [6.07, 6.45) is 6.87. The van der Waals surface area contributed by atoms with Gasteiger partial charge in [-0.3, -0.25) is 9.59 Å². The summed E-state index contributed by atoms with van der Waals surface area (Å²) >= 11 is 0. The van der Waals surface area contributed by atoms with Gasteiger partial charge in [0.25, 0.3) is 5.91 Å². The second kappa shape index (κ2) is 10.4. The smallest absolute Gasteiger partial charge is 0.254 e. The van der Waals surface area contributed by atoms with Crippen LogP contribution in [0.4, 0.5) is 10.1 Å². The zero-order chi connectivity index (χ0) is 26.0. The van der Waals surface area contributed by atoms with Crippen molar-refractivity contribution in [1.82, 2.24) is 4.90 Å². The van der Waals surface area contributed by atoms with Gasteiger partial charge in [0.15, 0.2) is 0 Å². The van der Waals surface area contributed by atoms with Crippen LogP contribution in [0.1, 0.15) is 60.7 Å². The standard InChI is InChI=1S/C31H37FN2O2/c1-20-11-8-12-21(2)27(20)30(36)34-18-10-16-25(28(34)24-15-6-7-17-26(24)32)29(35)33-23-14-9-13-22(19-23)31(3,4)5/h6-9,11-15,17,19,24-26,28H,10,16,18H2,1-5H3,(H,33,35)/t24?,25?,26?,28-/m0/s1. The number of piperidine rings is 1. The number of likely N-dealkylation sites (tertiary alicyclic amines) is 1. The van der Waals surface area contributed by atoms with E-state index in [9.17, 15) is 9.59 Å². The molecule has 4 nitrogen and oxygen atoms in total. The Hall–Kier alpha value is -3.21. The predicted molar refractivity (Wildman–Crippen MR) is 144 cm³/mol. The Kier molecular flexibility index (Phi) is 7.49. The number of aryl methyl sites for hydroxylation is 2. The molecular formula is C31H37FN2O2. The maximum atomic E-state index is 15.3. The van der Waals surface area contributed by atoms with Crippen molar-refractivity contribution in [3.05, 3.63) is 89.0 Å². The van der Waals surface area contributed by atoms with Crippen molar-refractivity contribution in [3.8, 4) is 0 Å². The molecule has 1 fully saturated rings. The van der Waals surface area contributed by atoms with E-state index >= 15 is 4.39 Å². The van der Waals surface area contributed by atoms with Crippen LogP contribution in [0.2, 0.25) is 0 Å². The first-order valence-electron chi connectivity index (χ1n) is 12.9. The molecule has 2 amide bonds. The normalized spacial score (nSPS) is 24.0. The number of carbonyl (C=O) groups excluding carboxylic acids is 2. The molecule has 190 valence electrons. The first kappa shape index (κ1) is 25.9. The van der Waals surface area contributed by atoms with Crippen LogP contribution in [0.25, 0.3) is 0 Å². The first-order chi connectivity index (χ1) is 17.1. The minimum atomic E-state index is -1.26. The number of carbonyl (C=O) groups is 2. The van der Waals surface area contributed by atoms with E-state index in [2.05, 4.69) is 32.2 Å². The number of nitrogens with zero attached hydrogens (tertiary/aromatic N) is 1. The second-order valence-corrected chi connectivity index (χ2v) is 11.1. The molecule has 0 bridgehead atoms. The van der Waals surface area contributed by atoms with Crippen LogP contribution in [-0.4, -0.2) is 35.5 Å². The number of amides is 2. The number of halogens is 1. The fourth-order valence-electron chi connectivity index (χ4n) is 5.51. The van der Waals surface area contributed by atoms with E-state index in [-0.39, 0.29) is 17.2 Å². The van der Waals surface area contributed by atoms with Crippen LogP contribution in [-0.2, 0) is 10.2 Å². The highest BCUT2D eigenvalue weighted by molar-refractivity contribution is 5.99. The molecule has 0 aromatic heterocycles. The van der Waals surface area contributed by atoms with E-state index in [1.165, 1.54) is 6.08 Å². The van der Waals surface area contributed by atoms with Gasteiger partial charge in [-0.1, -0.05) is 75.4 Å². The summed E-state index contributed by atoms with van der Waals surface area (Å²) in [5.41, 5.74) is 4.22. The van der Waals surface area contributed by atoms with Crippen molar-refractivity contribution >= 4 is 17.5 Å². The third-order valence-corrected chi connectivity index (χ3v) is 7.48. The Morgan fingerprint density at radius 3 is 2.33 bits per heavy atom. The number of hydrogen-bond acceptors (Lipinski definition) is 2. The Morgan fingerprint density at radius 2 is 1.67 bits per heavy atom. The van der Waals surface area contributed by atoms with Crippen molar-refractivity contribution in [1.29, 1.82) is 0 Å². The number of anilines is 1. The van der Waals surface area contributed by atoms with Crippen molar-refractivity contribution < 1.29 is 14.0 Å². The molecule has 1 aliphatic heterocycles. The maximum Gasteiger partial charge on any atom is 0.254 e. The first-order valence-corrected chi connectivity index (χ1v) is 12.9. The van der Waals surface area contributed by atoms with Gasteiger partial charge in [0.05, 0.1) is 12.0 Å². The molecule has 0 radical (unpaired) electrons. The maximum absolute atomic E-state index is 15.3. The second-order valence-electron chi connectivity index (χ2n) is 11.1. The van der Waals surface area contributed by atoms with Gasteiger partial charge in [-0.05, 0) is 60.9 Å². The summed E-state index contributed by atoms with van der Waals surface area (Å²) in [5, 5.41) is 3.09. The fraction of sp³-hybridized carbons (Fsp3) is 0.419. The number of hydrogen-bond donors (Lipinski definition) is 1. The molecule has 1 saturated heterocycles. The summed E-state index contributed by atoms with van der Waals surface area (Å²) in [6, 6.07) is 13.1. The average Bonchev–Trinajstić information content (AvgIpc) is 2.83. The Labute approximate surface area is 214 Å². The third kappa shape index (κ3) is 5.30. The quantitative estimate of drug-likeness (QED) is 0.531. The molecule has 1 heterocycles. The molecule has 5 heteroatoms. The van der Waals surface area contributed by atoms with Gasteiger partial charge < -0.3 is 10.2 Å². The highest BCUT2D eigenvalue weighted by Crippen LogP contribution is 2.36. The van der Waals surface area contributed by atoms with Crippen LogP contribution in [0.5, 0.6) is 0 Å². The molecule has 1 aliphatic carbocycles. The van der Waals surface area contributed by atoms with E-state index in [0.717, 1.165) is 22.4 Å². The van der Waals surface area contributed by atoms with Crippen LogP contribution in [0.3, 0.4) is 0 Å². The Bertz CT molecular complexity index is 1170. The lowest BCUT2D eigenvalue weighted by atomic mass is 9.76. The van der Waals surface area contributed by atoms with Crippen molar-refractivity contribution in [3.63, 3.8) is 0 Å². The molecular weight excluding hydrogens is 451 g/mol. The fourth-order valence-corrected chi connectivity index (χ4v) is 5.51. The third-order valence-electron chi connectivity index (χ3n) is 7.48. The lowest BCUT2D eigenvalue weighted by molar-refractivity contribution is -0.124. The zero-order valence-corrected chi connectivity index (χ0v) is 21.9. The van der Waals surface area contributed by atoms with E-state index in [1.54, 1.807) is 11.0 Å². The van der Waals surface area contributed by atoms with Gasteiger partial charge in [0, 0.05) is 23.7 Å². The SMILES string of the molecule is Cc1cccc(C)c1C(=O)N1CCCC(C(=O)Nc2cccc(C(C)(C)C)c2)[C@@H]1C1C=CC=CC1F. The minimum absolute atomic E-state index is 0.0522. The molecule has 4 rings (SSSR count). The molecule has 3 unspecified atom stereocenters. The van der Waals surface area contributed by atoms with Gasteiger partial charge in [-0.15, -0.1) is 0 Å². The molecule has 4 atom stereocenters. The van der Waals surface area contributed by atoms with Crippen LogP contribution in [0.15, 0.2) is 66.8 Å². The van der Waals surface area contributed by atoms with Gasteiger partial charge in [0.2, 0.25) is 5.91 Å². The zero-order valence-electron chi connectivity index (χ0n) is 21.9. The summed E-state index contributed by atoms with van der Waals surface area (Å²) in [4.78, 5) is 29.4. The highest BCUT2D eigenvalue weighted by atomic mass is 19.1. The summed E-state index contributed by atoms with van der Waals surface area (Å²) in [6.45, 7) is 10.7. The number of benzene rings is 2. The topological polar surface area (TPSA) is 49.4 Å². The monoisotopic (exact) mass is 488 g/mol. The van der Waals surface area contributed by atoms with Gasteiger partial charge in [0.1, 0.15) is 6.17 Å². The van der Waals surface area contributed by atoms with Gasteiger partial charge in [-0.25, -0.2) is 4.39 Å². The predicted octanol–water partition coefficient (Wildman–Crippen LogP) is 6.54.